The highest BCUT2D eigenvalue weighted by molar-refractivity contribution is 9.11. The summed E-state index contributed by atoms with van der Waals surface area (Å²) in [5, 5.41) is 13.3. The van der Waals surface area contributed by atoms with Gasteiger partial charge in [-0.15, -0.1) is 0 Å². The monoisotopic (exact) mass is 375 g/mol. The summed E-state index contributed by atoms with van der Waals surface area (Å²) in [5.74, 6) is 0.266. The minimum atomic E-state index is 0.266. The highest BCUT2D eigenvalue weighted by atomic mass is 79.9. The highest BCUT2D eigenvalue weighted by Crippen LogP contribution is 2.34. The minimum absolute atomic E-state index is 0.266. The van der Waals surface area contributed by atoms with E-state index in [2.05, 4.69) is 44.1 Å². The first-order chi connectivity index (χ1) is 8.50. The van der Waals surface area contributed by atoms with Crippen LogP contribution in [0.25, 0.3) is 0 Å². The summed E-state index contributed by atoms with van der Waals surface area (Å²) in [6.07, 6.45) is 6.54. The van der Waals surface area contributed by atoms with Crippen LogP contribution in [0.1, 0.15) is 44.6 Å². The van der Waals surface area contributed by atoms with E-state index in [4.69, 9.17) is 0 Å². The Morgan fingerprint density at radius 2 is 1.72 bits per heavy atom. The van der Waals surface area contributed by atoms with E-state index in [0.29, 0.717) is 0 Å². The van der Waals surface area contributed by atoms with Crippen LogP contribution < -0.4 is 5.32 Å². The molecule has 1 aromatic carbocycles. The van der Waals surface area contributed by atoms with Crippen LogP contribution in [0.3, 0.4) is 0 Å². The van der Waals surface area contributed by atoms with Gasteiger partial charge < -0.3 is 10.4 Å². The number of hydrogen-bond donors (Lipinski definition) is 2. The number of halogens is 2. The molecule has 1 aliphatic carbocycles. The van der Waals surface area contributed by atoms with Crippen molar-refractivity contribution in [1.82, 2.24) is 5.32 Å². The van der Waals surface area contributed by atoms with Gasteiger partial charge >= 0.3 is 0 Å². The first kappa shape index (κ1) is 14.4. The lowest BCUT2D eigenvalue weighted by Crippen LogP contribution is -2.43. The summed E-state index contributed by atoms with van der Waals surface area (Å²) in [6.45, 7) is 3.16. The van der Waals surface area contributed by atoms with Gasteiger partial charge in [-0.1, -0.05) is 19.3 Å². The predicted octanol–water partition coefficient (Wildman–Crippen LogP) is 4.73. The Labute approximate surface area is 125 Å². The fourth-order valence-corrected chi connectivity index (χ4v) is 3.83. The SMILES string of the molecule is CC1(NCc2cc(Br)c(O)c(Br)c2)CCCCC1. The summed E-state index contributed by atoms with van der Waals surface area (Å²) < 4.78 is 1.48. The second-order valence-electron chi connectivity index (χ2n) is 5.38. The van der Waals surface area contributed by atoms with Crippen LogP contribution in [0, 0.1) is 0 Å². The van der Waals surface area contributed by atoms with Gasteiger partial charge in [0.2, 0.25) is 0 Å². The van der Waals surface area contributed by atoms with Gasteiger partial charge in [-0.05, 0) is 69.3 Å². The van der Waals surface area contributed by atoms with Gasteiger partial charge in [-0.3, -0.25) is 0 Å². The molecular weight excluding hydrogens is 358 g/mol. The van der Waals surface area contributed by atoms with E-state index in [9.17, 15) is 5.11 Å². The largest absolute Gasteiger partial charge is 0.506 e. The second-order valence-corrected chi connectivity index (χ2v) is 7.09. The molecule has 18 heavy (non-hydrogen) atoms. The van der Waals surface area contributed by atoms with Crippen LogP contribution in [-0.2, 0) is 6.54 Å². The van der Waals surface area contributed by atoms with Crippen molar-refractivity contribution in [2.45, 2.75) is 51.1 Å². The first-order valence-electron chi connectivity index (χ1n) is 6.42. The van der Waals surface area contributed by atoms with Crippen molar-refractivity contribution in [2.75, 3.05) is 0 Å². The van der Waals surface area contributed by atoms with E-state index in [1.807, 2.05) is 12.1 Å². The predicted molar refractivity (Wildman–Crippen MR) is 81.8 cm³/mol. The molecule has 0 amide bonds. The lowest BCUT2D eigenvalue weighted by atomic mass is 9.83. The fraction of sp³-hybridized carbons (Fsp3) is 0.571. The molecule has 4 heteroatoms. The summed E-state index contributed by atoms with van der Waals surface area (Å²) >= 11 is 6.74. The zero-order chi connectivity index (χ0) is 13.2. The zero-order valence-electron chi connectivity index (χ0n) is 10.6. The van der Waals surface area contributed by atoms with Crippen LogP contribution in [0.2, 0.25) is 0 Å². The van der Waals surface area contributed by atoms with Gasteiger partial charge in [0.25, 0.3) is 0 Å². The molecule has 100 valence electrons. The summed E-state index contributed by atoms with van der Waals surface area (Å²) in [4.78, 5) is 0. The molecule has 0 spiro atoms. The smallest absolute Gasteiger partial charge is 0.143 e. The van der Waals surface area contributed by atoms with E-state index in [-0.39, 0.29) is 11.3 Å². The second kappa shape index (κ2) is 5.93. The van der Waals surface area contributed by atoms with Crippen molar-refractivity contribution in [2.24, 2.45) is 0 Å². The maximum absolute atomic E-state index is 9.68. The van der Waals surface area contributed by atoms with E-state index in [1.165, 1.54) is 37.7 Å². The van der Waals surface area contributed by atoms with Crippen molar-refractivity contribution >= 4 is 31.9 Å². The van der Waals surface area contributed by atoms with Crippen LogP contribution >= 0.6 is 31.9 Å². The summed E-state index contributed by atoms with van der Waals surface area (Å²) in [7, 11) is 0. The Morgan fingerprint density at radius 3 is 2.28 bits per heavy atom. The molecule has 0 aromatic heterocycles. The third-order valence-electron chi connectivity index (χ3n) is 3.75. The molecule has 1 fully saturated rings. The Bertz CT molecular complexity index is 405. The van der Waals surface area contributed by atoms with Crippen LogP contribution in [0.4, 0.5) is 0 Å². The van der Waals surface area contributed by atoms with E-state index < -0.39 is 0 Å². The van der Waals surface area contributed by atoms with E-state index >= 15 is 0 Å². The third kappa shape index (κ3) is 3.49. The van der Waals surface area contributed by atoms with Crippen molar-refractivity contribution in [1.29, 1.82) is 0 Å². The van der Waals surface area contributed by atoms with Gasteiger partial charge in [-0.2, -0.15) is 0 Å². The molecule has 0 saturated heterocycles. The average Bonchev–Trinajstić information content (AvgIpc) is 2.34. The molecule has 0 atom stereocenters. The van der Waals surface area contributed by atoms with Gasteiger partial charge in [0, 0.05) is 12.1 Å². The summed E-state index contributed by atoms with van der Waals surface area (Å²) in [6, 6.07) is 3.94. The Kier molecular flexibility index (Phi) is 4.73. The van der Waals surface area contributed by atoms with Crippen LogP contribution in [0.15, 0.2) is 21.1 Å². The molecule has 0 aliphatic heterocycles. The van der Waals surface area contributed by atoms with E-state index in [0.717, 1.165) is 15.5 Å². The number of aromatic hydroxyl groups is 1. The quantitative estimate of drug-likeness (QED) is 0.799. The Balaban J connectivity index is 2.01. The minimum Gasteiger partial charge on any atom is -0.506 e. The molecule has 2 N–H and O–H groups in total. The number of nitrogens with one attached hydrogen (secondary N) is 1. The highest BCUT2D eigenvalue weighted by Gasteiger charge is 2.25. The van der Waals surface area contributed by atoms with Gasteiger partial charge in [0.05, 0.1) is 8.95 Å². The average molecular weight is 377 g/mol. The third-order valence-corrected chi connectivity index (χ3v) is 4.96. The lowest BCUT2D eigenvalue weighted by Gasteiger charge is -2.35. The van der Waals surface area contributed by atoms with Crippen molar-refractivity contribution < 1.29 is 5.11 Å². The number of phenols is 1. The molecule has 2 rings (SSSR count). The van der Waals surface area contributed by atoms with Gasteiger partial charge in [-0.25, -0.2) is 0 Å². The number of phenolic OH excluding ortho intramolecular Hbond substituents is 1. The molecule has 1 aromatic rings. The maximum Gasteiger partial charge on any atom is 0.143 e. The van der Waals surface area contributed by atoms with Gasteiger partial charge in [0.15, 0.2) is 0 Å². The van der Waals surface area contributed by atoms with E-state index in [1.54, 1.807) is 0 Å². The molecule has 0 heterocycles. The Morgan fingerprint density at radius 1 is 1.17 bits per heavy atom. The van der Waals surface area contributed by atoms with Gasteiger partial charge in [0.1, 0.15) is 5.75 Å². The molecule has 0 radical (unpaired) electrons. The molecule has 2 nitrogen and oxygen atoms in total. The lowest BCUT2D eigenvalue weighted by molar-refractivity contribution is 0.252. The number of hydrogen-bond acceptors (Lipinski definition) is 2. The fourth-order valence-electron chi connectivity index (χ4n) is 2.54. The molecule has 1 saturated carbocycles. The Hall–Kier alpha value is -0.0600. The normalized spacial score (nSPS) is 18.8. The van der Waals surface area contributed by atoms with Crippen molar-refractivity contribution in [3.8, 4) is 5.75 Å². The molecular formula is C14H19Br2NO. The standard InChI is InChI=1S/C14H19Br2NO/c1-14(5-3-2-4-6-14)17-9-10-7-11(15)13(18)12(16)8-10/h7-8,17-18H,2-6,9H2,1H3. The van der Waals surface area contributed by atoms with Crippen molar-refractivity contribution in [3.05, 3.63) is 26.6 Å². The van der Waals surface area contributed by atoms with Crippen LogP contribution in [0.5, 0.6) is 5.75 Å². The summed E-state index contributed by atoms with van der Waals surface area (Å²) in [5.41, 5.74) is 1.45. The molecule has 0 bridgehead atoms. The zero-order valence-corrected chi connectivity index (χ0v) is 13.8. The van der Waals surface area contributed by atoms with Crippen LogP contribution in [-0.4, -0.2) is 10.6 Å². The number of benzene rings is 1. The van der Waals surface area contributed by atoms with Crippen molar-refractivity contribution in [3.63, 3.8) is 0 Å². The maximum atomic E-state index is 9.68. The first-order valence-corrected chi connectivity index (χ1v) is 8.01. The molecule has 1 aliphatic rings. The topological polar surface area (TPSA) is 32.3 Å². The number of rotatable bonds is 3. The molecule has 0 unspecified atom stereocenters.